The molecule has 3 nitrogen and oxygen atoms in total. The second-order valence-electron chi connectivity index (χ2n) is 4.63. The molecule has 2 aromatic carbocycles. The number of rotatable bonds is 3. The molecule has 0 aliphatic heterocycles. The molecule has 0 saturated carbocycles. The van der Waals surface area contributed by atoms with Gasteiger partial charge in [-0.15, -0.1) is 0 Å². The van der Waals surface area contributed by atoms with Crippen LogP contribution in [0.3, 0.4) is 0 Å². The second kappa shape index (κ2) is 7.26. The fraction of sp³-hybridized carbons (Fsp3) is 0.125. The highest BCUT2D eigenvalue weighted by Gasteiger charge is 2.31. The van der Waals surface area contributed by atoms with E-state index in [1.165, 1.54) is 0 Å². The van der Waals surface area contributed by atoms with E-state index in [0.717, 1.165) is 18.2 Å². The Morgan fingerprint density at radius 1 is 1.08 bits per heavy atom. The smallest absolute Gasteiger partial charge is 0.207 e. The van der Waals surface area contributed by atoms with Crippen molar-refractivity contribution in [2.45, 2.75) is 11.1 Å². The van der Waals surface area contributed by atoms with Crippen LogP contribution in [0.5, 0.6) is 0 Å². The Morgan fingerprint density at radius 2 is 1.79 bits per heavy atom. The molecule has 0 fully saturated rings. The summed E-state index contributed by atoms with van der Waals surface area (Å²) < 4.78 is 64.1. The van der Waals surface area contributed by atoms with Gasteiger partial charge in [0.05, 0.1) is 22.0 Å². The van der Waals surface area contributed by atoms with Crippen molar-refractivity contribution in [3.05, 3.63) is 64.7 Å². The number of nitrogens with one attached hydrogen (secondary N) is 1. The van der Waals surface area contributed by atoms with Crippen LogP contribution in [-0.2, 0) is 16.2 Å². The van der Waals surface area contributed by atoms with Crippen molar-refractivity contribution in [1.29, 1.82) is 0 Å². The summed E-state index contributed by atoms with van der Waals surface area (Å²) >= 11 is 5.90. The number of halogens is 4. The Hall–Kier alpha value is -2.01. The van der Waals surface area contributed by atoms with Crippen molar-refractivity contribution in [2.24, 2.45) is 0 Å². The maximum atomic E-state index is 12.6. The molecule has 0 spiro atoms. The van der Waals surface area contributed by atoms with Gasteiger partial charge >= 0.3 is 6.18 Å². The van der Waals surface area contributed by atoms with Gasteiger partial charge in [-0.1, -0.05) is 41.6 Å². The Labute approximate surface area is 142 Å². The maximum absolute atomic E-state index is 12.6. The minimum absolute atomic E-state index is 0.260. The topological polar surface area (TPSA) is 46.2 Å². The monoisotopic (exact) mass is 373 g/mol. The molecule has 0 atom stereocenters. The van der Waals surface area contributed by atoms with Crippen LogP contribution in [0.4, 0.5) is 13.2 Å². The van der Waals surface area contributed by atoms with Gasteiger partial charge in [-0.2, -0.15) is 17.9 Å². The number of alkyl halides is 3. The predicted octanol–water partition coefficient (Wildman–Crippen LogP) is 3.69. The summed E-state index contributed by atoms with van der Waals surface area (Å²) in [6, 6.07) is 10.2. The minimum atomic E-state index is -4.62. The van der Waals surface area contributed by atoms with Gasteiger partial charge in [-0.3, -0.25) is 0 Å². The minimum Gasteiger partial charge on any atom is -0.207 e. The molecule has 0 aliphatic carbocycles. The summed E-state index contributed by atoms with van der Waals surface area (Å²) in [7, 11) is -4.09. The van der Waals surface area contributed by atoms with Gasteiger partial charge in [0.15, 0.2) is 0 Å². The van der Waals surface area contributed by atoms with Gasteiger partial charge in [0, 0.05) is 5.56 Å². The molecule has 2 aromatic rings. The Balaban J connectivity index is 2.12. The quantitative estimate of drug-likeness (QED) is 0.834. The van der Waals surface area contributed by atoms with E-state index in [0.29, 0.717) is 16.7 Å². The average molecular weight is 374 g/mol. The van der Waals surface area contributed by atoms with Crippen molar-refractivity contribution in [3.8, 4) is 11.8 Å². The van der Waals surface area contributed by atoms with Crippen molar-refractivity contribution in [3.63, 3.8) is 0 Å². The number of sulfonamides is 1. The van der Waals surface area contributed by atoms with E-state index in [2.05, 4.69) is 16.6 Å². The van der Waals surface area contributed by atoms with E-state index in [4.69, 9.17) is 11.6 Å². The molecular weight excluding hydrogens is 363 g/mol. The summed E-state index contributed by atoms with van der Waals surface area (Å²) in [5.74, 6) is 5.25. The molecule has 0 aromatic heterocycles. The normalized spacial score (nSPS) is 11.7. The summed E-state index contributed by atoms with van der Waals surface area (Å²) in [6.07, 6.45) is -4.62. The molecule has 0 saturated heterocycles. The lowest BCUT2D eigenvalue weighted by atomic mass is 10.2. The van der Waals surface area contributed by atoms with Crippen molar-refractivity contribution >= 4 is 21.6 Å². The molecule has 0 amide bonds. The van der Waals surface area contributed by atoms with Gasteiger partial charge in [0.1, 0.15) is 0 Å². The Morgan fingerprint density at radius 3 is 2.46 bits per heavy atom. The van der Waals surface area contributed by atoms with Crippen LogP contribution in [0.1, 0.15) is 11.1 Å². The lowest BCUT2D eigenvalue weighted by Crippen LogP contribution is -2.24. The molecular formula is C16H11ClF3NO2S. The van der Waals surface area contributed by atoms with E-state index in [1.54, 1.807) is 24.3 Å². The zero-order valence-corrected chi connectivity index (χ0v) is 13.6. The molecule has 8 heteroatoms. The Bertz CT molecular complexity index is 899. The third-order valence-corrected chi connectivity index (χ3v) is 4.65. The fourth-order valence-corrected chi connectivity index (χ4v) is 2.91. The first kappa shape index (κ1) is 18.3. The van der Waals surface area contributed by atoms with E-state index < -0.39 is 26.7 Å². The third-order valence-electron chi connectivity index (χ3n) is 2.92. The first-order chi connectivity index (χ1) is 11.2. The van der Waals surface area contributed by atoms with Crippen LogP contribution in [0.15, 0.2) is 53.4 Å². The number of hydrogen-bond donors (Lipinski definition) is 1. The zero-order valence-electron chi connectivity index (χ0n) is 12.1. The van der Waals surface area contributed by atoms with Crippen molar-refractivity contribution < 1.29 is 21.6 Å². The lowest BCUT2D eigenvalue weighted by Gasteiger charge is -2.09. The molecule has 0 heterocycles. The van der Waals surface area contributed by atoms with Gasteiger partial charge in [-0.05, 0) is 30.3 Å². The summed E-state index contributed by atoms with van der Waals surface area (Å²) in [5, 5.41) is 0.422. The third kappa shape index (κ3) is 4.74. The average Bonchev–Trinajstić information content (AvgIpc) is 2.52. The fourth-order valence-electron chi connectivity index (χ4n) is 1.76. The molecule has 0 radical (unpaired) electrons. The van der Waals surface area contributed by atoms with Crippen LogP contribution < -0.4 is 4.72 Å². The van der Waals surface area contributed by atoms with Crippen LogP contribution >= 0.6 is 11.6 Å². The van der Waals surface area contributed by atoms with E-state index >= 15 is 0 Å². The van der Waals surface area contributed by atoms with Gasteiger partial charge in [-0.25, -0.2) is 8.42 Å². The molecule has 1 N–H and O–H groups in total. The molecule has 126 valence electrons. The SMILES string of the molecule is O=S(=O)(NCC#Cc1ccccc1Cl)c1cccc(C(F)(F)F)c1. The predicted molar refractivity (Wildman–Crippen MR) is 85.0 cm³/mol. The molecule has 2 rings (SSSR count). The van der Waals surface area contributed by atoms with Crippen LogP contribution in [0.2, 0.25) is 5.02 Å². The molecule has 24 heavy (non-hydrogen) atoms. The largest absolute Gasteiger partial charge is 0.416 e. The number of benzene rings is 2. The van der Waals surface area contributed by atoms with Crippen molar-refractivity contribution in [2.75, 3.05) is 6.54 Å². The second-order valence-corrected chi connectivity index (χ2v) is 6.81. The van der Waals surface area contributed by atoms with E-state index in [9.17, 15) is 21.6 Å². The molecule has 0 aliphatic rings. The maximum Gasteiger partial charge on any atom is 0.416 e. The van der Waals surface area contributed by atoms with E-state index in [-0.39, 0.29) is 6.54 Å². The number of hydrogen-bond acceptors (Lipinski definition) is 2. The lowest BCUT2D eigenvalue weighted by molar-refractivity contribution is -0.137. The molecule has 0 bridgehead atoms. The zero-order chi connectivity index (χ0) is 17.8. The van der Waals surface area contributed by atoms with E-state index in [1.807, 2.05) is 0 Å². The van der Waals surface area contributed by atoms with Gasteiger partial charge in [0.2, 0.25) is 10.0 Å². The van der Waals surface area contributed by atoms with Crippen LogP contribution in [0.25, 0.3) is 0 Å². The summed E-state index contributed by atoms with van der Waals surface area (Å²) in [5.41, 5.74) is -0.509. The highest BCUT2D eigenvalue weighted by Crippen LogP contribution is 2.30. The van der Waals surface area contributed by atoms with Crippen LogP contribution in [0, 0.1) is 11.8 Å². The first-order valence-corrected chi connectivity index (χ1v) is 8.46. The highest BCUT2D eigenvalue weighted by molar-refractivity contribution is 7.89. The van der Waals surface area contributed by atoms with Gasteiger partial charge < -0.3 is 0 Å². The van der Waals surface area contributed by atoms with Crippen molar-refractivity contribution in [1.82, 2.24) is 4.72 Å². The standard InChI is InChI=1S/C16H11ClF3NO2S/c17-15-9-2-1-5-12(15)6-4-10-21-24(22,23)14-8-3-7-13(11-14)16(18,19)20/h1-3,5,7-9,11,21H,10H2. The molecule has 0 unspecified atom stereocenters. The highest BCUT2D eigenvalue weighted by atomic mass is 35.5. The Kier molecular flexibility index (Phi) is 5.54. The van der Waals surface area contributed by atoms with Gasteiger partial charge in [0.25, 0.3) is 0 Å². The summed E-state index contributed by atoms with van der Waals surface area (Å²) in [6.45, 7) is -0.260. The summed E-state index contributed by atoms with van der Waals surface area (Å²) in [4.78, 5) is -0.475. The van der Waals surface area contributed by atoms with Crippen LogP contribution in [-0.4, -0.2) is 15.0 Å². The first-order valence-electron chi connectivity index (χ1n) is 6.60.